The van der Waals surface area contributed by atoms with Crippen molar-refractivity contribution in [2.24, 2.45) is 5.41 Å². The number of fused-ring (bicyclic) bond motifs is 1. The highest BCUT2D eigenvalue weighted by atomic mass is 16.2. The van der Waals surface area contributed by atoms with E-state index in [2.05, 4.69) is 31.0 Å². The van der Waals surface area contributed by atoms with Gasteiger partial charge in [0.25, 0.3) is 0 Å². The van der Waals surface area contributed by atoms with Crippen LogP contribution in [-0.4, -0.2) is 58.9 Å². The standard InChI is InChI=1S/C19H31N5O/c1-13(25)24-9-7-15-16(11-24)21-17(22-18(15)20-5)14-6-8-23(10-14)12-19(2,3)4/h14H,6-12H2,1-5H3,(H,20,21,22)/t14-/m1/s1. The van der Waals surface area contributed by atoms with E-state index in [1.165, 1.54) is 5.56 Å². The maximum absolute atomic E-state index is 11.7. The van der Waals surface area contributed by atoms with Gasteiger partial charge >= 0.3 is 0 Å². The number of aromatic nitrogens is 2. The van der Waals surface area contributed by atoms with Crippen molar-refractivity contribution >= 4 is 11.7 Å². The second-order valence-corrected chi connectivity index (χ2v) is 8.58. The van der Waals surface area contributed by atoms with Crippen molar-refractivity contribution in [3.05, 3.63) is 17.1 Å². The summed E-state index contributed by atoms with van der Waals surface area (Å²) in [5.41, 5.74) is 2.50. The molecule has 1 amide bonds. The molecule has 0 bridgehead atoms. The SMILES string of the molecule is CNc1nc([C@@H]2CCN(CC(C)(C)C)C2)nc2c1CCN(C(C)=O)C2. The Labute approximate surface area is 151 Å². The third-order valence-electron chi connectivity index (χ3n) is 5.10. The predicted octanol–water partition coefficient (Wildman–Crippen LogP) is 2.26. The number of carbonyl (C=O) groups excluding carboxylic acids is 1. The molecular weight excluding hydrogens is 314 g/mol. The van der Waals surface area contributed by atoms with Crippen LogP contribution in [0.2, 0.25) is 0 Å². The Hall–Kier alpha value is -1.69. The largest absolute Gasteiger partial charge is 0.373 e. The van der Waals surface area contributed by atoms with Crippen LogP contribution in [0.3, 0.4) is 0 Å². The van der Waals surface area contributed by atoms with Gasteiger partial charge in [-0.15, -0.1) is 0 Å². The van der Waals surface area contributed by atoms with E-state index in [0.29, 0.717) is 17.9 Å². The zero-order chi connectivity index (χ0) is 18.2. The average Bonchev–Trinajstić information content (AvgIpc) is 2.99. The van der Waals surface area contributed by atoms with Crippen LogP contribution >= 0.6 is 0 Å². The molecule has 0 saturated carbocycles. The first-order valence-electron chi connectivity index (χ1n) is 9.32. The molecule has 25 heavy (non-hydrogen) atoms. The summed E-state index contributed by atoms with van der Waals surface area (Å²) in [6.45, 7) is 13.1. The molecule has 138 valence electrons. The Bertz CT molecular complexity index is 652. The van der Waals surface area contributed by atoms with Gasteiger partial charge < -0.3 is 15.1 Å². The Morgan fingerprint density at radius 2 is 2.04 bits per heavy atom. The summed E-state index contributed by atoms with van der Waals surface area (Å²) in [5, 5.41) is 3.24. The summed E-state index contributed by atoms with van der Waals surface area (Å²) >= 11 is 0. The highest BCUT2D eigenvalue weighted by Crippen LogP contribution is 2.31. The first kappa shape index (κ1) is 18.1. The molecule has 1 N–H and O–H groups in total. The minimum absolute atomic E-state index is 0.119. The Morgan fingerprint density at radius 1 is 1.28 bits per heavy atom. The molecule has 0 unspecified atom stereocenters. The van der Waals surface area contributed by atoms with Crippen molar-refractivity contribution in [2.75, 3.05) is 38.5 Å². The van der Waals surface area contributed by atoms with Crippen molar-refractivity contribution in [3.63, 3.8) is 0 Å². The first-order valence-corrected chi connectivity index (χ1v) is 9.32. The zero-order valence-corrected chi connectivity index (χ0v) is 16.2. The van der Waals surface area contributed by atoms with Crippen molar-refractivity contribution in [2.45, 2.75) is 53.0 Å². The van der Waals surface area contributed by atoms with Gasteiger partial charge in [0.05, 0.1) is 12.2 Å². The van der Waals surface area contributed by atoms with Crippen molar-refractivity contribution < 1.29 is 4.79 Å². The molecule has 1 fully saturated rings. The summed E-state index contributed by atoms with van der Waals surface area (Å²) in [4.78, 5) is 25.9. The van der Waals surface area contributed by atoms with Crippen LogP contribution in [0.25, 0.3) is 0 Å². The number of rotatable bonds is 3. The molecule has 0 radical (unpaired) electrons. The molecule has 2 aliphatic heterocycles. The molecule has 0 aromatic carbocycles. The summed E-state index contributed by atoms with van der Waals surface area (Å²) in [7, 11) is 1.92. The van der Waals surface area contributed by atoms with E-state index >= 15 is 0 Å². The first-order chi connectivity index (χ1) is 11.8. The molecule has 3 rings (SSSR count). The van der Waals surface area contributed by atoms with Crippen molar-refractivity contribution in [1.82, 2.24) is 19.8 Å². The van der Waals surface area contributed by atoms with Crippen LogP contribution in [0, 0.1) is 5.41 Å². The molecule has 6 heteroatoms. The summed E-state index contributed by atoms with van der Waals surface area (Å²) < 4.78 is 0. The van der Waals surface area contributed by atoms with E-state index in [-0.39, 0.29) is 5.91 Å². The number of hydrogen-bond donors (Lipinski definition) is 1. The van der Waals surface area contributed by atoms with Gasteiger partial charge in [0, 0.05) is 45.1 Å². The maximum Gasteiger partial charge on any atom is 0.219 e. The van der Waals surface area contributed by atoms with E-state index in [0.717, 1.165) is 56.4 Å². The predicted molar refractivity (Wildman–Crippen MR) is 99.6 cm³/mol. The van der Waals surface area contributed by atoms with E-state index in [9.17, 15) is 4.79 Å². The molecule has 1 saturated heterocycles. The fourth-order valence-electron chi connectivity index (χ4n) is 3.97. The zero-order valence-electron chi connectivity index (χ0n) is 16.2. The van der Waals surface area contributed by atoms with Crippen molar-refractivity contribution in [1.29, 1.82) is 0 Å². The lowest BCUT2D eigenvalue weighted by atomic mass is 9.96. The number of nitrogens with one attached hydrogen (secondary N) is 1. The van der Waals surface area contributed by atoms with Gasteiger partial charge in [-0.05, 0) is 24.8 Å². The van der Waals surface area contributed by atoms with Crippen molar-refractivity contribution in [3.8, 4) is 0 Å². The van der Waals surface area contributed by atoms with Crippen LogP contribution in [0.4, 0.5) is 5.82 Å². The quantitative estimate of drug-likeness (QED) is 0.910. The third-order valence-corrected chi connectivity index (χ3v) is 5.10. The van der Waals surface area contributed by atoms with E-state index in [4.69, 9.17) is 9.97 Å². The fraction of sp³-hybridized carbons (Fsp3) is 0.737. The molecule has 2 aliphatic rings. The second kappa shape index (κ2) is 6.90. The number of amides is 1. The topological polar surface area (TPSA) is 61.4 Å². The molecule has 1 aromatic heterocycles. The van der Waals surface area contributed by atoms with E-state index in [1.807, 2.05) is 11.9 Å². The molecule has 0 aliphatic carbocycles. The molecule has 1 aromatic rings. The molecule has 3 heterocycles. The van der Waals surface area contributed by atoms with Gasteiger partial charge in [-0.1, -0.05) is 20.8 Å². The minimum atomic E-state index is 0.119. The Balaban J connectivity index is 1.81. The smallest absolute Gasteiger partial charge is 0.219 e. The molecular formula is C19H31N5O. The van der Waals surface area contributed by atoms with Gasteiger partial charge in [0.2, 0.25) is 5.91 Å². The van der Waals surface area contributed by atoms with E-state index in [1.54, 1.807) is 6.92 Å². The third kappa shape index (κ3) is 4.11. The molecule has 0 spiro atoms. The minimum Gasteiger partial charge on any atom is -0.373 e. The van der Waals surface area contributed by atoms with Gasteiger partial charge in [-0.3, -0.25) is 4.79 Å². The monoisotopic (exact) mass is 345 g/mol. The Morgan fingerprint density at radius 3 is 2.68 bits per heavy atom. The normalized spacial score (nSPS) is 21.3. The van der Waals surface area contributed by atoms with Crippen LogP contribution in [0.5, 0.6) is 0 Å². The Kier molecular flexibility index (Phi) is 5.00. The number of anilines is 1. The fourth-order valence-corrected chi connectivity index (χ4v) is 3.97. The second-order valence-electron chi connectivity index (χ2n) is 8.58. The lowest BCUT2D eigenvalue weighted by Crippen LogP contribution is -2.35. The molecule has 1 atom stereocenters. The number of carbonyl (C=O) groups is 1. The summed E-state index contributed by atoms with van der Waals surface area (Å²) in [6, 6.07) is 0. The lowest BCUT2D eigenvalue weighted by molar-refractivity contribution is -0.129. The summed E-state index contributed by atoms with van der Waals surface area (Å²) in [6.07, 6.45) is 1.93. The lowest BCUT2D eigenvalue weighted by Gasteiger charge is -2.29. The van der Waals surface area contributed by atoms with Crippen LogP contribution < -0.4 is 5.32 Å². The van der Waals surface area contributed by atoms with Gasteiger partial charge in [-0.2, -0.15) is 0 Å². The van der Waals surface area contributed by atoms with Crippen LogP contribution in [0.1, 0.15) is 57.1 Å². The van der Waals surface area contributed by atoms with E-state index < -0.39 is 0 Å². The van der Waals surface area contributed by atoms with Crippen LogP contribution in [0.15, 0.2) is 0 Å². The van der Waals surface area contributed by atoms with Gasteiger partial charge in [-0.25, -0.2) is 9.97 Å². The number of hydrogen-bond acceptors (Lipinski definition) is 5. The number of likely N-dealkylation sites (tertiary alicyclic amines) is 1. The highest BCUT2D eigenvalue weighted by Gasteiger charge is 2.31. The van der Waals surface area contributed by atoms with Gasteiger partial charge in [0.1, 0.15) is 11.6 Å². The molecule has 6 nitrogen and oxygen atoms in total. The highest BCUT2D eigenvalue weighted by molar-refractivity contribution is 5.73. The summed E-state index contributed by atoms with van der Waals surface area (Å²) in [5.74, 6) is 2.38. The maximum atomic E-state index is 11.7. The van der Waals surface area contributed by atoms with Gasteiger partial charge in [0.15, 0.2) is 0 Å². The van der Waals surface area contributed by atoms with Crippen LogP contribution in [-0.2, 0) is 17.8 Å². The average molecular weight is 345 g/mol. The number of nitrogens with zero attached hydrogens (tertiary/aromatic N) is 4.